The molecule has 0 aliphatic heterocycles. The van der Waals surface area contributed by atoms with Gasteiger partial charge in [0, 0.05) is 53.3 Å². The van der Waals surface area contributed by atoms with E-state index in [1.165, 1.54) is 36.6 Å². The molecule has 0 N–H and O–H groups in total. The van der Waals surface area contributed by atoms with E-state index < -0.39 is 0 Å². The molecule has 4 nitrogen and oxygen atoms in total. The number of para-hydroxylation sites is 2. The smallest absolute Gasteiger partial charge is 0.164 e. The van der Waals surface area contributed by atoms with Crippen molar-refractivity contribution < 1.29 is 0 Å². The van der Waals surface area contributed by atoms with Crippen molar-refractivity contribution in [1.29, 1.82) is 0 Å². The number of rotatable bonds is 4. The number of aryl methyl sites for hydroxylation is 1. The fraction of sp³-hybridized carbons (Fsp3) is 0.0250. The fourth-order valence-corrected chi connectivity index (χ4v) is 7.74. The molecule has 0 aliphatic carbocycles. The average molecular weight is 595 g/mol. The number of benzene rings is 6. The number of fused-ring (bicyclic) bond motifs is 6. The third-order valence-corrected chi connectivity index (χ3v) is 9.70. The lowest BCUT2D eigenvalue weighted by Crippen LogP contribution is -2.00. The van der Waals surface area contributed by atoms with E-state index in [0.29, 0.717) is 17.5 Å². The maximum absolute atomic E-state index is 5.19. The van der Waals surface area contributed by atoms with Gasteiger partial charge in [0.1, 0.15) is 0 Å². The van der Waals surface area contributed by atoms with E-state index in [1.54, 1.807) is 0 Å². The largest absolute Gasteiger partial charge is 0.309 e. The van der Waals surface area contributed by atoms with Gasteiger partial charge in [-0.3, -0.25) is 0 Å². The van der Waals surface area contributed by atoms with Crippen LogP contribution < -0.4 is 0 Å². The molecule has 0 fully saturated rings. The topological polar surface area (TPSA) is 43.6 Å². The molecular weight excluding hydrogens is 569 g/mol. The molecule has 0 atom stereocenters. The molecule has 0 saturated heterocycles. The molecule has 0 unspecified atom stereocenters. The summed E-state index contributed by atoms with van der Waals surface area (Å²) in [6, 6.07) is 48.8. The van der Waals surface area contributed by atoms with Gasteiger partial charge in [0.2, 0.25) is 0 Å². The quantitative estimate of drug-likeness (QED) is 0.204. The second-order valence-corrected chi connectivity index (χ2v) is 12.4. The highest BCUT2D eigenvalue weighted by Gasteiger charge is 2.19. The molecule has 0 aliphatic rings. The maximum atomic E-state index is 5.19. The SMILES string of the molecule is Cc1cccc2sc3cccc(-c4nc(-c5ccccc5)nc(-c5ccc6c(c5)c5ccccc5n6-c5ccccc5)n4)c3c12. The summed E-state index contributed by atoms with van der Waals surface area (Å²) in [6.45, 7) is 2.18. The Labute approximate surface area is 263 Å². The third-order valence-electron chi connectivity index (χ3n) is 8.58. The fourth-order valence-electron chi connectivity index (χ4n) is 6.53. The molecule has 0 bridgehead atoms. The van der Waals surface area contributed by atoms with Crippen LogP contribution in [0.3, 0.4) is 0 Å². The van der Waals surface area contributed by atoms with Gasteiger partial charge in [-0.1, -0.05) is 91.0 Å². The molecule has 0 amide bonds. The highest BCUT2D eigenvalue weighted by molar-refractivity contribution is 7.26. The normalized spacial score (nSPS) is 11.7. The van der Waals surface area contributed by atoms with Gasteiger partial charge in [-0.2, -0.15) is 0 Å². The molecular formula is C40H26N4S. The Morgan fingerprint density at radius 1 is 0.489 bits per heavy atom. The maximum Gasteiger partial charge on any atom is 0.164 e. The van der Waals surface area contributed by atoms with Crippen molar-refractivity contribution in [2.24, 2.45) is 0 Å². The van der Waals surface area contributed by atoms with Gasteiger partial charge in [0.25, 0.3) is 0 Å². The summed E-state index contributed by atoms with van der Waals surface area (Å²) in [7, 11) is 0. The summed E-state index contributed by atoms with van der Waals surface area (Å²) in [5.41, 5.74) is 7.65. The van der Waals surface area contributed by atoms with Crippen molar-refractivity contribution in [3.05, 3.63) is 145 Å². The van der Waals surface area contributed by atoms with Crippen LogP contribution in [0.15, 0.2) is 140 Å². The van der Waals surface area contributed by atoms with Crippen molar-refractivity contribution >= 4 is 53.3 Å². The van der Waals surface area contributed by atoms with E-state index in [1.807, 2.05) is 29.5 Å². The lowest BCUT2D eigenvalue weighted by atomic mass is 10.0. The van der Waals surface area contributed by atoms with E-state index in [-0.39, 0.29) is 0 Å². The molecule has 6 aromatic carbocycles. The molecule has 0 saturated carbocycles. The zero-order valence-corrected chi connectivity index (χ0v) is 25.3. The van der Waals surface area contributed by atoms with Crippen molar-refractivity contribution in [2.45, 2.75) is 6.92 Å². The van der Waals surface area contributed by atoms with Crippen molar-refractivity contribution in [3.63, 3.8) is 0 Å². The van der Waals surface area contributed by atoms with E-state index >= 15 is 0 Å². The van der Waals surface area contributed by atoms with Crippen molar-refractivity contribution in [1.82, 2.24) is 19.5 Å². The van der Waals surface area contributed by atoms with Crippen LogP contribution in [-0.2, 0) is 0 Å². The van der Waals surface area contributed by atoms with E-state index in [4.69, 9.17) is 15.0 Å². The Kier molecular flexibility index (Phi) is 5.86. The minimum absolute atomic E-state index is 0.658. The highest BCUT2D eigenvalue weighted by Crippen LogP contribution is 2.41. The first-order chi connectivity index (χ1) is 22.2. The summed E-state index contributed by atoms with van der Waals surface area (Å²) in [5.74, 6) is 2.00. The first kappa shape index (κ1) is 25.8. The zero-order chi connectivity index (χ0) is 29.9. The summed E-state index contributed by atoms with van der Waals surface area (Å²) in [4.78, 5) is 15.4. The molecule has 0 radical (unpaired) electrons. The lowest BCUT2D eigenvalue weighted by molar-refractivity contribution is 1.08. The Bertz CT molecular complexity index is 2550. The van der Waals surface area contributed by atoms with Gasteiger partial charge in [-0.15, -0.1) is 11.3 Å². The predicted octanol–water partition coefficient (Wildman–Crippen LogP) is 10.6. The Morgan fingerprint density at radius 3 is 1.96 bits per heavy atom. The van der Waals surface area contributed by atoms with Crippen LogP contribution in [0.4, 0.5) is 0 Å². The lowest BCUT2D eigenvalue weighted by Gasteiger charge is -2.11. The first-order valence-electron chi connectivity index (χ1n) is 15.0. The predicted molar refractivity (Wildman–Crippen MR) is 188 cm³/mol. The summed E-state index contributed by atoms with van der Waals surface area (Å²) < 4.78 is 4.83. The van der Waals surface area contributed by atoms with E-state index in [0.717, 1.165) is 33.3 Å². The van der Waals surface area contributed by atoms with Gasteiger partial charge in [0.05, 0.1) is 11.0 Å². The Morgan fingerprint density at radius 2 is 1.13 bits per heavy atom. The summed E-state index contributed by atoms with van der Waals surface area (Å²) in [6.07, 6.45) is 0. The minimum atomic E-state index is 0.658. The summed E-state index contributed by atoms with van der Waals surface area (Å²) in [5, 5.41) is 4.83. The van der Waals surface area contributed by atoms with Gasteiger partial charge in [-0.25, -0.2) is 15.0 Å². The van der Waals surface area contributed by atoms with Gasteiger partial charge >= 0.3 is 0 Å². The average Bonchev–Trinajstić information content (AvgIpc) is 3.65. The molecule has 3 aromatic heterocycles. The van der Waals surface area contributed by atoms with E-state index in [9.17, 15) is 0 Å². The molecule has 0 spiro atoms. The molecule has 3 heterocycles. The van der Waals surface area contributed by atoms with Crippen LogP contribution in [0.1, 0.15) is 5.56 Å². The minimum Gasteiger partial charge on any atom is -0.309 e. The Hall–Kier alpha value is -5.65. The van der Waals surface area contributed by atoms with Crippen LogP contribution in [0.5, 0.6) is 0 Å². The number of aromatic nitrogens is 4. The van der Waals surface area contributed by atoms with Gasteiger partial charge in [-0.05, 0) is 61.0 Å². The standard InChI is InChI=1S/C40H26N4S/c1-25-12-10-20-34-36(25)37-30(18-11-21-35(37)45-34)40-42-38(26-13-4-2-5-14-26)41-39(43-40)27-22-23-33-31(24-27)29-17-8-9-19-32(29)44(33)28-15-6-3-7-16-28/h2-24H,1H3. The molecule has 9 rings (SSSR count). The monoisotopic (exact) mass is 594 g/mol. The van der Waals surface area contributed by atoms with Gasteiger partial charge in [0.15, 0.2) is 17.5 Å². The molecule has 9 aromatic rings. The number of hydrogen-bond donors (Lipinski definition) is 0. The van der Waals surface area contributed by atoms with Crippen LogP contribution in [0.25, 0.3) is 81.8 Å². The second kappa shape index (κ2) is 10.2. The zero-order valence-electron chi connectivity index (χ0n) is 24.5. The summed E-state index contributed by atoms with van der Waals surface area (Å²) >= 11 is 1.82. The van der Waals surface area contributed by atoms with Crippen LogP contribution >= 0.6 is 11.3 Å². The van der Waals surface area contributed by atoms with Crippen molar-refractivity contribution in [2.75, 3.05) is 0 Å². The van der Waals surface area contributed by atoms with Crippen LogP contribution in [0.2, 0.25) is 0 Å². The Balaban J connectivity index is 1.31. The second-order valence-electron chi connectivity index (χ2n) is 11.3. The molecule has 212 valence electrons. The van der Waals surface area contributed by atoms with E-state index in [2.05, 4.69) is 133 Å². The van der Waals surface area contributed by atoms with Crippen LogP contribution in [-0.4, -0.2) is 19.5 Å². The van der Waals surface area contributed by atoms with Gasteiger partial charge < -0.3 is 4.57 Å². The number of hydrogen-bond acceptors (Lipinski definition) is 4. The van der Waals surface area contributed by atoms with Crippen molar-refractivity contribution in [3.8, 4) is 39.9 Å². The number of nitrogens with zero attached hydrogens (tertiary/aromatic N) is 4. The molecule has 45 heavy (non-hydrogen) atoms. The number of thiophene rings is 1. The van der Waals surface area contributed by atoms with Crippen LogP contribution in [0, 0.1) is 6.92 Å². The highest BCUT2D eigenvalue weighted by atomic mass is 32.1. The molecule has 5 heteroatoms. The first-order valence-corrected chi connectivity index (χ1v) is 15.9. The third kappa shape index (κ3) is 4.16.